The lowest BCUT2D eigenvalue weighted by Gasteiger charge is -2.20. The molecule has 0 saturated heterocycles. The molecule has 0 radical (unpaired) electrons. The molecular weight excluding hydrogens is 166 g/mol. The summed E-state index contributed by atoms with van der Waals surface area (Å²) >= 11 is 0. The Balaban J connectivity index is 2.60. The molecule has 0 heterocycles. The van der Waals surface area contributed by atoms with Crippen LogP contribution in [-0.2, 0) is 10.1 Å². The zero-order valence-electron chi connectivity index (χ0n) is 6.28. The fraction of sp³-hybridized carbons (Fsp3) is 1.00. The highest BCUT2D eigenvalue weighted by atomic mass is 32.2. The van der Waals surface area contributed by atoms with Crippen LogP contribution in [0.4, 0.5) is 0 Å². The van der Waals surface area contributed by atoms with E-state index >= 15 is 0 Å². The Hall–Kier alpha value is -0.130. The second-order valence-corrected chi connectivity index (χ2v) is 4.75. The second kappa shape index (κ2) is 2.73. The van der Waals surface area contributed by atoms with Crippen LogP contribution < -0.4 is 5.73 Å². The predicted molar refractivity (Wildman–Crippen MR) is 41.8 cm³/mol. The Morgan fingerprint density at radius 2 is 1.82 bits per heavy atom. The van der Waals surface area contributed by atoms with Gasteiger partial charge in [0.15, 0.2) is 0 Å². The van der Waals surface area contributed by atoms with E-state index in [9.17, 15) is 8.42 Å². The highest BCUT2D eigenvalue weighted by molar-refractivity contribution is 7.85. The maximum Gasteiger partial charge on any atom is 0.266 e. The molecule has 5 heteroatoms. The molecule has 0 bridgehead atoms. The first-order chi connectivity index (χ1) is 4.91. The Morgan fingerprint density at radius 3 is 2.18 bits per heavy atom. The fourth-order valence-corrected chi connectivity index (χ4v) is 2.60. The highest BCUT2D eigenvalue weighted by Crippen LogP contribution is 2.27. The summed E-state index contributed by atoms with van der Waals surface area (Å²) in [7, 11) is -3.89. The third-order valence-electron chi connectivity index (χ3n) is 2.07. The molecule has 0 unspecified atom stereocenters. The molecule has 0 amide bonds. The molecule has 0 spiro atoms. The van der Waals surface area contributed by atoms with E-state index in [-0.39, 0.29) is 5.75 Å². The van der Waals surface area contributed by atoms with E-state index in [1.54, 1.807) is 0 Å². The highest BCUT2D eigenvalue weighted by Gasteiger charge is 2.33. The summed E-state index contributed by atoms with van der Waals surface area (Å²) in [5, 5.41) is 0. The molecule has 1 saturated carbocycles. The zero-order valence-corrected chi connectivity index (χ0v) is 7.10. The summed E-state index contributed by atoms with van der Waals surface area (Å²) in [4.78, 5) is 0. The number of hydrogen-bond acceptors (Lipinski definition) is 3. The Labute approximate surface area is 66.5 Å². The van der Waals surface area contributed by atoms with E-state index < -0.39 is 15.7 Å². The molecule has 4 nitrogen and oxygen atoms in total. The van der Waals surface area contributed by atoms with Gasteiger partial charge in [0.25, 0.3) is 10.1 Å². The molecule has 11 heavy (non-hydrogen) atoms. The van der Waals surface area contributed by atoms with Gasteiger partial charge < -0.3 is 5.73 Å². The third kappa shape index (κ3) is 2.76. The number of nitrogens with two attached hydrogens (primary N) is 1. The molecule has 0 aliphatic heterocycles. The van der Waals surface area contributed by atoms with E-state index in [2.05, 4.69) is 0 Å². The van der Waals surface area contributed by atoms with E-state index in [1.165, 1.54) is 0 Å². The molecule has 0 aromatic rings. The van der Waals surface area contributed by atoms with Crippen LogP contribution in [-0.4, -0.2) is 24.3 Å². The molecule has 1 aliphatic carbocycles. The monoisotopic (exact) mass is 179 g/mol. The van der Waals surface area contributed by atoms with Gasteiger partial charge in [-0.05, 0) is 12.8 Å². The van der Waals surface area contributed by atoms with Gasteiger partial charge in [0.05, 0.1) is 5.75 Å². The van der Waals surface area contributed by atoms with Gasteiger partial charge in [-0.2, -0.15) is 8.42 Å². The first kappa shape index (κ1) is 8.96. The lowest BCUT2D eigenvalue weighted by Crippen LogP contribution is -2.43. The van der Waals surface area contributed by atoms with Gasteiger partial charge in [-0.15, -0.1) is 0 Å². The average Bonchev–Trinajstić information content (AvgIpc) is 2.09. The van der Waals surface area contributed by atoms with E-state index in [0.29, 0.717) is 12.8 Å². The van der Waals surface area contributed by atoms with Crippen molar-refractivity contribution in [1.29, 1.82) is 0 Å². The number of hydrogen-bond donors (Lipinski definition) is 2. The van der Waals surface area contributed by atoms with Crippen molar-refractivity contribution in [2.45, 2.75) is 31.2 Å². The maximum absolute atomic E-state index is 10.5. The van der Waals surface area contributed by atoms with Crippen LogP contribution in [0.1, 0.15) is 25.7 Å². The van der Waals surface area contributed by atoms with Gasteiger partial charge in [0.1, 0.15) is 0 Å². The lowest BCUT2D eigenvalue weighted by molar-refractivity contribution is 0.435. The van der Waals surface area contributed by atoms with E-state index in [1.807, 2.05) is 0 Å². The normalized spacial score (nSPS) is 23.8. The van der Waals surface area contributed by atoms with Gasteiger partial charge in [-0.25, -0.2) is 0 Å². The van der Waals surface area contributed by atoms with Gasteiger partial charge in [-0.3, -0.25) is 4.55 Å². The minimum Gasteiger partial charge on any atom is -0.324 e. The van der Waals surface area contributed by atoms with Crippen molar-refractivity contribution in [3.8, 4) is 0 Å². The molecule has 0 aromatic heterocycles. The first-order valence-corrected chi connectivity index (χ1v) is 5.26. The van der Waals surface area contributed by atoms with Crippen molar-refractivity contribution in [3.05, 3.63) is 0 Å². The molecule has 1 aliphatic rings. The molecule has 0 aromatic carbocycles. The fourth-order valence-electron chi connectivity index (χ4n) is 1.59. The minimum atomic E-state index is -3.89. The molecule has 3 N–H and O–H groups in total. The van der Waals surface area contributed by atoms with Crippen LogP contribution >= 0.6 is 0 Å². The quantitative estimate of drug-likeness (QED) is 0.591. The third-order valence-corrected chi connectivity index (χ3v) is 3.01. The zero-order chi connectivity index (χ0) is 8.54. The van der Waals surface area contributed by atoms with Crippen LogP contribution in [0.2, 0.25) is 0 Å². The Morgan fingerprint density at radius 1 is 1.36 bits per heavy atom. The van der Waals surface area contributed by atoms with Gasteiger partial charge in [0, 0.05) is 5.54 Å². The standard InChI is InChI=1S/C6H13NO3S/c7-6(3-1-2-4-6)5-11(8,9)10/h1-5,7H2,(H,8,9,10). The maximum atomic E-state index is 10.5. The van der Waals surface area contributed by atoms with Crippen molar-refractivity contribution < 1.29 is 13.0 Å². The van der Waals surface area contributed by atoms with Crippen molar-refractivity contribution >= 4 is 10.1 Å². The second-order valence-electron chi connectivity index (χ2n) is 3.30. The largest absolute Gasteiger partial charge is 0.324 e. The summed E-state index contributed by atoms with van der Waals surface area (Å²) in [6.45, 7) is 0. The van der Waals surface area contributed by atoms with Crippen molar-refractivity contribution in [2.24, 2.45) is 5.73 Å². The summed E-state index contributed by atoms with van der Waals surface area (Å²) in [5.74, 6) is -0.292. The van der Waals surface area contributed by atoms with Crippen LogP contribution in [0.25, 0.3) is 0 Å². The Kier molecular flexibility index (Phi) is 2.22. The van der Waals surface area contributed by atoms with Crippen LogP contribution in [0.15, 0.2) is 0 Å². The van der Waals surface area contributed by atoms with Gasteiger partial charge in [0.2, 0.25) is 0 Å². The summed E-state index contributed by atoms with van der Waals surface area (Å²) in [5.41, 5.74) is 5.05. The molecular formula is C6H13NO3S. The van der Waals surface area contributed by atoms with E-state index in [0.717, 1.165) is 12.8 Å². The molecule has 1 rings (SSSR count). The molecule has 0 atom stereocenters. The number of rotatable bonds is 2. The van der Waals surface area contributed by atoms with Crippen LogP contribution in [0, 0.1) is 0 Å². The molecule has 1 fully saturated rings. The van der Waals surface area contributed by atoms with Gasteiger partial charge in [-0.1, -0.05) is 12.8 Å². The summed E-state index contributed by atoms with van der Waals surface area (Å²) in [6, 6.07) is 0. The van der Waals surface area contributed by atoms with E-state index in [4.69, 9.17) is 10.3 Å². The van der Waals surface area contributed by atoms with Gasteiger partial charge >= 0.3 is 0 Å². The van der Waals surface area contributed by atoms with Crippen molar-refractivity contribution in [2.75, 3.05) is 5.75 Å². The van der Waals surface area contributed by atoms with Crippen molar-refractivity contribution in [3.63, 3.8) is 0 Å². The molecule has 66 valence electrons. The topological polar surface area (TPSA) is 80.4 Å². The lowest BCUT2D eigenvalue weighted by atomic mass is 10.0. The minimum absolute atomic E-state index is 0.292. The summed E-state index contributed by atoms with van der Waals surface area (Å²) in [6.07, 6.45) is 3.33. The summed E-state index contributed by atoms with van der Waals surface area (Å²) < 4.78 is 29.5. The first-order valence-electron chi connectivity index (χ1n) is 3.65. The average molecular weight is 179 g/mol. The van der Waals surface area contributed by atoms with Crippen LogP contribution in [0.5, 0.6) is 0 Å². The Bertz CT molecular complexity index is 228. The predicted octanol–water partition coefficient (Wildman–Crippen LogP) is 0.146. The van der Waals surface area contributed by atoms with Crippen molar-refractivity contribution in [1.82, 2.24) is 0 Å². The smallest absolute Gasteiger partial charge is 0.266 e. The SMILES string of the molecule is NC1(CS(=O)(=O)O)CCCC1. The van der Waals surface area contributed by atoms with Crippen LogP contribution in [0.3, 0.4) is 0 Å².